The summed E-state index contributed by atoms with van der Waals surface area (Å²) in [5.41, 5.74) is 0.0880. The van der Waals surface area contributed by atoms with Gasteiger partial charge >= 0.3 is 0 Å². The standard InChI is InChI=1S/C12H12FN3O3S2/c1-7(10-2-3-11(20-10)21(14,18)19)16-12(17)8-4-9(13)6-15-5-8/h2-7H,1H3,(H,16,17)(H2,14,18,19). The molecule has 112 valence electrons. The average Bonchev–Trinajstić information content (AvgIpc) is 2.88. The molecule has 0 bridgehead atoms. The Bertz CT molecular complexity index is 774. The van der Waals surface area contributed by atoms with Crippen LogP contribution < -0.4 is 10.5 Å². The van der Waals surface area contributed by atoms with Crippen molar-refractivity contribution in [1.29, 1.82) is 0 Å². The lowest BCUT2D eigenvalue weighted by Gasteiger charge is -2.12. The van der Waals surface area contributed by atoms with Crippen molar-refractivity contribution in [3.63, 3.8) is 0 Å². The lowest BCUT2D eigenvalue weighted by atomic mass is 10.2. The number of pyridine rings is 1. The summed E-state index contributed by atoms with van der Waals surface area (Å²) >= 11 is 0.971. The van der Waals surface area contributed by atoms with Crippen molar-refractivity contribution >= 4 is 27.3 Å². The van der Waals surface area contributed by atoms with Crippen LogP contribution in [-0.2, 0) is 10.0 Å². The summed E-state index contributed by atoms with van der Waals surface area (Å²) in [6.07, 6.45) is 2.24. The minimum Gasteiger partial charge on any atom is -0.345 e. The van der Waals surface area contributed by atoms with Gasteiger partial charge in [-0.15, -0.1) is 11.3 Å². The second-order valence-electron chi connectivity index (χ2n) is 4.29. The molecule has 0 spiro atoms. The molecule has 2 rings (SSSR count). The first-order chi connectivity index (χ1) is 9.77. The molecule has 1 unspecified atom stereocenters. The quantitative estimate of drug-likeness (QED) is 0.885. The number of carbonyl (C=O) groups excluding carboxylic acids is 1. The second kappa shape index (κ2) is 5.88. The molecule has 1 amide bonds. The Morgan fingerprint density at radius 2 is 2.14 bits per heavy atom. The Labute approximate surface area is 124 Å². The predicted molar refractivity (Wildman–Crippen MR) is 75.8 cm³/mol. The normalized spacial score (nSPS) is 12.9. The zero-order chi connectivity index (χ0) is 15.6. The Balaban J connectivity index is 2.13. The third-order valence-electron chi connectivity index (χ3n) is 2.62. The molecule has 0 aliphatic rings. The number of halogens is 1. The molecule has 0 saturated heterocycles. The maximum atomic E-state index is 13.0. The van der Waals surface area contributed by atoms with Crippen molar-refractivity contribution in [2.24, 2.45) is 5.14 Å². The fraction of sp³-hybridized carbons (Fsp3) is 0.167. The van der Waals surface area contributed by atoms with E-state index in [4.69, 9.17) is 5.14 Å². The van der Waals surface area contributed by atoms with Crippen LogP contribution in [0.4, 0.5) is 4.39 Å². The highest BCUT2D eigenvalue weighted by Gasteiger charge is 2.17. The Morgan fingerprint density at radius 1 is 1.43 bits per heavy atom. The van der Waals surface area contributed by atoms with Crippen molar-refractivity contribution in [2.75, 3.05) is 0 Å². The lowest BCUT2D eigenvalue weighted by Crippen LogP contribution is -2.26. The molecule has 9 heteroatoms. The lowest BCUT2D eigenvalue weighted by molar-refractivity contribution is 0.0939. The minimum absolute atomic E-state index is 0.0195. The monoisotopic (exact) mass is 329 g/mol. The molecule has 0 aliphatic carbocycles. The number of thiophene rings is 1. The van der Waals surface area contributed by atoms with Gasteiger partial charge < -0.3 is 5.32 Å². The number of primary sulfonamides is 1. The van der Waals surface area contributed by atoms with Crippen LogP contribution in [0.1, 0.15) is 28.2 Å². The summed E-state index contributed by atoms with van der Waals surface area (Å²) in [6.45, 7) is 1.68. The van der Waals surface area contributed by atoms with E-state index in [1.165, 1.54) is 12.3 Å². The molecule has 0 fully saturated rings. The summed E-state index contributed by atoms with van der Waals surface area (Å²) in [6, 6.07) is 3.57. The van der Waals surface area contributed by atoms with E-state index in [9.17, 15) is 17.6 Å². The van der Waals surface area contributed by atoms with Gasteiger partial charge in [0.05, 0.1) is 17.8 Å². The third-order valence-corrected chi connectivity index (χ3v) is 5.33. The molecule has 21 heavy (non-hydrogen) atoms. The van der Waals surface area contributed by atoms with E-state index in [0.717, 1.165) is 23.6 Å². The molecule has 2 heterocycles. The number of rotatable bonds is 4. The van der Waals surface area contributed by atoms with E-state index in [-0.39, 0.29) is 9.77 Å². The Morgan fingerprint density at radius 3 is 2.71 bits per heavy atom. The number of hydrogen-bond donors (Lipinski definition) is 2. The number of hydrogen-bond acceptors (Lipinski definition) is 5. The first-order valence-electron chi connectivity index (χ1n) is 5.81. The number of carbonyl (C=O) groups is 1. The van der Waals surface area contributed by atoms with Gasteiger partial charge in [0.25, 0.3) is 5.91 Å². The van der Waals surface area contributed by atoms with Gasteiger partial charge in [-0.2, -0.15) is 0 Å². The topological polar surface area (TPSA) is 102 Å². The molecule has 2 aromatic rings. The van der Waals surface area contributed by atoms with Gasteiger partial charge in [-0.25, -0.2) is 17.9 Å². The van der Waals surface area contributed by atoms with Crippen LogP contribution >= 0.6 is 11.3 Å². The van der Waals surface area contributed by atoms with Crippen LogP contribution in [0.15, 0.2) is 34.8 Å². The third kappa shape index (κ3) is 3.84. The molecule has 0 aromatic carbocycles. The van der Waals surface area contributed by atoms with Crippen LogP contribution in [0.3, 0.4) is 0 Å². The highest BCUT2D eigenvalue weighted by molar-refractivity contribution is 7.91. The van der Waals surface area contributed by atoms with Crippen molar-refractivity contribution in [3.05, 3.63) is 46.9 Å². The Kier molecular flexibility index (Phi) is 4.35. The van der Waals surface area contributed by atoms with Gasteiger partial charge in [-0.05, 0) is 25.1 Å². The highest BCUT2D eigenvalue weighted by Crippen LogP contribution is 2.25. The van der Waals surface area contributed by atoms with E-state index < -0.39 is 27.8 Å². The number of sulfonamides is 1. The molecular formula is C12H12FN3O3S2. The van der Waals surface area contributed by atoms with E-state index in [1.807, 2.05) is 0 Å². The molecule has 0 aliphatic heterocycles. The van der Waals surface area contributed by atoms with Crippen LogP contribution in [0, 0.1) is 5.82 Å². The fourth-order valence-electron chi connectivity index (χ4n) is 1.61. The molecule has 3 N–H and O–H groups in total. The first-order valence-corrected chi connectivity index (χ1v) is 8.17. The molecule has 2 aromatic heterocycles. The van der Waals surface area contributed by atoms with Gasteiger partial charge in [-0.1, -0.05) is 0 Å². The van der Waals surface area contributed by atoms with Crippen molar-refractivity contribution in [3.8, 4) is 0 Å². The van der Waals surface area contributed by atoms with Gasteiger partial charge in [0, 0.05) is 11.1 Å². The predicted octanol–water partition coefficient (Wildman–Crippen LogP) is 1.42. The number of amides is 1. The van der Waals surface area contributed by atoms with Crippen LogP contribution in [0.5, 0.6) is 0 Å². The molecule has 0 radical (unpaired) electrons. The molecule has 0 saturated carbocycles. The molecular weight excluding hydrogens is 317 g/mol. The zero-order valence-corrected chi connectivity index (χ0v) is 12.5. The Hall–Kier alpha value is -1.84. The number of aromatic nitrogens is 1. The average molecular weight is 329 g/mol. The summed E-state index contributed by atoms with van der Waals surface area (Å²) in [5.74, 6) is -1.11. The van der Waals surface area contributed by atoms with Crippen molar-refractivity contribution < 1.29 is 17.6 Å². The van der Waals surface area contributed by atoms with Crippen LogP contribution in [-0.4, -0.2) is 19.3 Å². The van der Waals surface area contributed by atoms with Crippen LogP contribution in [0.2, 0.25) is 0 Å². The van der Waals surface area contributed by atoms with Gasteiger partial charge in [0.2, 0.25) is 10.0 Å². The fourth-order valence-corrected chi connectivity index (χ4v) is 3.36. The summed E-state index contributed by atoms with van der Waals surface area (Å²) in [7, 11) is -3.76. The van der Waals surface area contributed by atoms with Crippen molar-refractivity contribution in [2.45, 2.75) is 17.2 Å². The number of nitrogens with zero attached hydrogens (tertiary/aromatic N) is 1. The first kappa shape index (κ1) is 15.5. The molecule has 6 nitrogen and oxygen atoms in total. The maximum absolute atomic E-state index is 13.0. The van der Waals surface area contributed by atoms with Crippen molar-refractivity contribution in [1.82, 2.24) is 10.3 Å². The van der Waals surface area contributed by atoms with E-state index >= 15 is 0 Å². The second-order valence-corrected chi connectivity index (χ2v) is 7.19. The van der Waals surface area contributed by atoms with Gasteiger partial charge in [-0.3, -0.25) is 9.78 Å². The largest absolute Gasteiger partial charge is 0.345 e. The van der Waals surface area contributed by atoms with Crippen LogP contribution in [0.25, 0.3) is 0 Å². The summed E-state index contributed by atoms with van der Waals surface area (Å²) in [5, 5.41) is 7.66. The smallest absolute Gasteiger partial charge is 0.253 e. The zero-order valence-electron chi connectivity index (χ0n) is 10.9. The van der Waals surface area contributed by atoms with E-state index in [0.29, 0.717) is 4.88 Å². The van der Waals surface area contributed by atoms with E-state index in [2.05, 4.69) is 10.3 Å². The van der Waals surface area contributed by atoms with Gasteiger partial charge in [0.15, 0.2) is 0 Å². The summed E-state index contributed by atoms with van der Waals surface area (Å²) in [4.78, 5) is 16.1. The maximum Gasteiger partial charge on any atom is 0.253 e. The summed E-state index contributed by atoms with van der Waals surface area (Å²) < 4.78 is 35.4. The minimum atomic E-state index is -3.76. The molecule has 1 atom stereocenters. The number of nitrogens with two attached hydrogens (primary N) is 1. The van der Waals surface area contributed by atoms with E-state index in [1.54, 1.807) is 13.0 Å². The number of nitrogens with one attached hydrogen (secondary N) is 1. The SMILES string of the molecule is CC(NC(=O)c1cncc(F)c1)c1ccc(S(N)(=O)=O)s1. The highest BCUT2D eigenvalue weighted by atomic mass is 32.2. The van der Waals surface area contributed by atoms with Gasteiger partial charge in [0.1, 0.15) is 10.0 Å².